The Morgan fingerprint density at radius 1 is 1.19 bits per heavy atom. The Kier molecular flexibility index (Phi) is 5.24. The van der Waals surface area contributed by atoms with Crippen LogP contribution in [-0.4, -0.2) is 34.1 Å². The summed E-state index contributed by atoms with van der Waals surface area (Å²) in [7, 11) is 0. The van der Waals surface area contributed by atoms with Crippen molar-refractivity contribution >= 4 is 33.3 Å². The fourth-order valence-corrected chi connectivity index (χ4v) is 3.29. The highest BCUT2D eigenvalue weighted by Gasteiger charge is 2.35. The molecule has 1 fully saturated rings. The van der Waals surface area contributed by atoms with Crippen molar-refractivity contribution in [3.8, 4) is 0 Å². The van der Waals surface area contributed by atoms with Gasteiger partial charge in [-0.3, -0.25) is 10.1 Å². The van der Waals surface area contributed by atoms with Gasteiger partial charge in [-0.2, -0.15) is 0 Å². The third-order valence-corrected chi connectivity index (χ3v) is 5.10. The van der Waals surface area contributed by atoms with E-state index in [1.54, 1.807) is 11.0 Å². The lowest BCUT2D eigenvalue weighted by Gasteiger charge is -2.38. The molecule has 1 saturated heterocycles. The average Bonchev–Trinajstić information content (AvgIpc) is 2.63. The second-order valence-corrected chi connectivity index (χ2v) is 7.18. The number of non-ortho nitro benzene ring substituents is 1. The van der Waals surface area contributed by atoms with Gasteiger partial charge in [0.1, 0.15) is 0 Å². The van der Waals surface area contributed by atoms with Gasteiger partial charge >= 0.3 is 6.03 Å². The number of hydrogen-bond acceptors (Lipinski definition) is 4. The number of carbonyl (C=O) groups excluding carboxylic acids is 1. The topological polar surface area (TPSA) is 95.7 Å². The van der Waals surface area contributed by atoms with Crippen LogP contribution in [-0.2, 0) is 5.60 Å². The number of urea groups is 1. The average molecular weight is 420 g/mol. The molecule has 1 aliphatic rings. The molecule has 2 N–H and O–H groups in total. The van der Waals surface area contributed by atoms with E-state index >= 15 is 0 Å². The van der Waals surface area contributed by atoms with E-state index in [0.717, 1.165) is 10.0 Å². The van der Waals surface area contributed by atoms with Gasteiger partial charge in [-0.15, -0.1) is 0 Å². The van der Waals surface area contributed by atoms with Crippen LogP contribution in [0.2, 0.25) is 0 Å². The Labute approximate surface area is 158 Å². The zero-order valence-corrected chi connectivity index (χ0v) is 15.5. The van der Waals surface area contributed by atoms with Gasteiger partial charge < -0.3 is 15.3 Å². The molecule has 2 amide bonds. The van der Waals surface area contributed by atoms with Crippen LogP contribution in [0.1, 0.15) is 18.4 Å². The monoisotopic (exact) mass is 419 g/mol. The van der Waals surface area contributed by atoms with Crippen molar-refractivity contribution in [1.82, 2.24) is 4.90 Å². The first-order chi connectivity index (χ1) is 12.4. The highest BCUT2D eigenvalue weighted by Crippen LogP contribution is 2.33. The van der Waals surface area contributed by atoms with Crippen LogP contribution in [0.25, 0.3) is 0 Å². The summed E-state index contributed by atoms with van der Waals surface area (Å²) in [6.07, 6.45) is 0.855. The van der Waals surface area contributed by atoms with Gasteiger partial charge in [-0.25, -0.2) is 4.79 Å². The van der Waals surface area contributed by atoms with Crippen LogP contribution in [0.4, 0.5) is 16.2 Å². The highest BCUT2D eigenvalue weighted by atomic mass is 79.9. The first-order valence-corrected chi connectivity index (χ1v) is 8.95. The molecule has 26 heavy (non-hydrogen) atoms. The Morgan fingerprint density at radius 2 is 1.85 bits per heavy atom. The number of nitro groups is 1. The molecule has 3 rings (SSSR count). The standard InChI is InChI=1S/C18H18BrN3O4/c19-14-6-4-13(5-7-14)18(24)8-10-21(11-9-18)17(23)20-15-2-1-3-16(12-15)22(25)26/h1-7,12,24H,8-11H2,(H,20,23). The molecule has 1 aliphatic heterocycles. The smallest absolute Gasteiger partial charge is 0.321 e. The molecule has 1 heterocycles. The van der Waals surface area contributed by atoms with Crippen molar-refractivity contribution in [2.24, 2.45) is 0 Å². The van der Waals surface area contributed by atoms with E-state index in [1.807, 2.05) is 24.3 Å². The van der Waals surface area contributed by atoms with Gasteiger partial charge in [0.25, 0.3) is 5.69 Å². The summed E-state index contributed by atoms with van der Waals surface area (Å²) in [4.78, 5) is 24.3. The summed E-state index contributed by atoms with van der Waals surface area (Å²) in [6.45, 7) is 0.792. The fraction of sp³-hybridized carbons (Fsp3) is 0.278. The number of rotatable bonds is 3. The second-order valence-electron chi connectivity index (χ2n) is 6.26. The number of benzene rings is 2. The highest BCUT2D eigenvalue weighted by molar-refractivity contribution is 9.10. The Morgan fingerprint density at radius 3 is 2.46 bits per heavy atom. The van der Waals surface area contributed by atoms with E-state index in [-0.39, 0.29) is 11.7 Å². The number of nitrogens with zero attached hydrogens (tertiary/aromatic N) is 2. The summed E-state index contributed by atoms with van der Waals surface area (Å²) in [6, 6.07) is 13.0. The third-order valence-electron chi connectivity index (χ3n) is 4.57. The SMILES string of the molecule is O=C(Nc1cccc([N+](=O)[O-])c1)N1CCC(O)(c2ccc(Br)cc2)CC1. The van der Waals surface area contributed by atoms with Crippen molar-refractivity contribution < 1.29 is 14.8 Å². The zero-order chi connectivity index (χ0) is 18.7. The number of nitrogens with one attached hydrogen (secondary N) is 1. The number of piperidine rings is 1. The molecule has 0 aliphatic carbocycles. The number of halogens is 1. The molecule has 2 aromatic carbocycles. The van der Waals surface area contributed by atoms with E-state index in [2.05, 4.69) is 21.2 Å². The van der Waals surface area contributed by atoms with E-state index in [9.17, 15) is 20.0 Å². The molecular formula is C18H18BrN3O4. The maximum atomic E-state index is 12.4. The molecule has 0 bridgehead atoms. The minimum absolute atomic E-state index is 0.0777. The molecule has 7 nitrogen and oxygen atoms in total. The van der Waals surface area contributed by atoms with Gasteiger partial charge in [0.15, 0.2) is 0 Å². The molecular weight excluding hydrogens is 402 g/mol. The number of hydrogen-bond donors (Lipinski definition) is 2. The van der Waals surface area contributed by atoms with Crippen molar-refractivity contribution in [3.05, 3.63) is 68.7 Å². The lowest BCUT2D eigenvalue weighted by Crippen LogP contribution is -2.46. The van der Waals surface area contributed by atoms with Crippen LogP contribution in [0.3, 0.4) is 0 Å². The van der Waals surface area contributed by atoms with E-state index in [0.29, 0.717) is 31.6 Å². The van der Waals surface area contributed by atoms with Crippen molar-refractivity contribution in [1.29, 1.82) is 0 Å². The van der Waals surface area contributed by atoms with Gasteiger partial charge in [0, 0.05) is 35.4 Å². The van der Waals surface area contributed by atoms with Crippen LogP contribution >= 0.6 is 15.9 Å². The Balaban J connectivity index is 1.62. The molecule has 136 valence electrons. The molecule has 0 radical (unpaired) electrons. The summed E-state index contributed by atoms with van der Waals surface area (Å²) >= 11 is 3.38. The molecule has 0 saturated carbocycles. The fourth-order valence-electron chi connectivity index (χ4n) is 3.03. The lowest BCUT2D eigenvalue weighted by atomic mass is 9.84. The number of anilines is 1. The number of nitro benzene ring substituents is 1. The van der Waals surface area contributed by atoms with Gasteiger partial charge in [0.2, 0.25) is 0 Å². The summed E-state index contributed by atoms with van der Waals surface area (Å²) < 4.78 is 0.943. The molecule has 0 aromatic heterocycles. The lowest BCUT2D eigenvalue weighted by molar-refractivity contribution is -0.384. The number of carbonyl (C=O) groups is 1. The van der Waals surface area contributed by atoms with Crippen molar-refractivity contribution in [2.45, 2.75) is 18.4 Å². The quantitative estimate of drug-likeness (QED) is 0.582. The number of likely N-dealkylation sites (tertiary alicyclic amines) is 1. The van der Waals surface area contributed by atoms with Crippen LogP contribution < -0.4 is 5.32 Å². The molecule has 0 atom stereocenters. The van der Waals surface area contributed by atoms with Crippen LogP contribution in [0.5, 0.6) is 0 Å². The van der Waals surface area contributed by atoms with Crippen LogP contribution in [0.15, 0.2) is 53.0 Å². The molecule has 8 heteroatoms. The predicted molar refractivity (Wildman–Crippen MR) is 101 cm³/mol. The van der Waals surface area contributed by atoms with Gasteiger partial charge in [-0.1, -0.05) is 34.1 Å². The van der Waals surface area contributed by atoms with E-state index in [4.69, 9.17) is 0 Å². The van der Waals surface area contributed by atoms with Crippen LogP contribution in [0, 0.1) is 10.1 Å². The third kappa shape index (κ3) is 4.03. The normalized spacial score (nSPS) is 16.2. The Hall–Kier alpha value is -2.45. The van der Waals surface area contributed by atoms with Crippen molar-refractivity contribution in [3.63, 3.8) is 0 Å². The van der Waals surface area contributed by atoms with Crippen molar-refractivity contribution in [2.75, 3.05) is 18.4 Å². The van der Waals surface area contributed by atoms with Gasteiger partial charge in [0.05, 0.1) is 10.5 Å². The Bertz CT molecular complexity index is 817. The summed E-state index contributed by atoms with van der Waals surface area (Å²) in [5.74, 6) is 0. The minimum Gasteiger partial charge on any atom is -0.385 e. The maximum absolute atomic E-state index is 12.4. The van der Waals surface area contributed by atoms with E-state index in [1.165, 1.54) is 18.2 Å². The number of amides is 2. The minimum atomic E-state index is -0.955. The summed E-state index contributed by atoms with van der Waals surface area (Å²) in [5, 5.41) is 24.4. The maximum Gasteiger partial charge on any atom is 0.321 e. The molecule has 2 aromatic rings. The van der Waals surface area contributed by atoms with Gasteiger partial charge in [-0.05, 0) is 36.6 Å². The van der Waals surface area contributed by atoms with E-state index < -0.39 is 10.5 Å². The first-order valence-electron chi connectivity index (χ1n) is 8.16. The molecule has 0 unspecified atom stereocenters. The predicted octanol–water partition coefficient (Wildman–Crippen LogP) is 3.87. The second kappa shape index (κ2) is 7.43. The summed E-state index contributed by atoms with van der Waals surface area (Å²) in [5.41, 5.74) is 0.173. The molecule has 0 spiro atoms. The largest absolute Gasteiger partial charge is 0.385 e. The zero-order valence-electron chi connectivity index (χ0n) is 13.9. The number of aliphatic hydroxyl groups is 1. The first kappa shape index (κ1) is 18.3.